The number of rotatable bonds is 4. The van der Waals surface area contributed by atoms with Crippen molar-refractivity contribution in [3.05, 3.63) is 59.7 Å². The molecule has 2 aromatic rings. The fourth-order valence-corrected chi connectivity index (χ4v) is 3.62. The number of benzene rings is 2. The molecular formula is C20H21NO3. The van der Waals surface area contributed by atoms with Crippen molar-refractivity contribution in [3.8, 4) is 11.5 Å². The maximum atomic E-state index is 12.8. The van der Waals surface area contributed by atoms with Gasteiger partial charge in [0.25, 0.3) is 0 Å². The molecule has 2 aliphatic rings. The average Bonchev–Trinajstić information content (AvgIpc) is 3.01. The Morgan fingerprint density at radius 2 is 1.75 bits per heavy atom. The molecule has 4 nitrogen and oxygen atoms in total. The van der Waals surface area contributed by atoms with Crippen molar-refractivity contribution in [2.75, 3.05) is 20.2 Å². The summed E-state index contributed by atoms with van der Waals surface area (Å²) in [4.78, 5) is 14.7. The van der Waals surface area contributed by atoms with E-state index in [4.69, 9.17) is 9.47 Å². The monoisotopic (exact) mass is 323 g/mol. The minimum atomic E-state index is 0.0217. The van der Waals surface area contributed by atoms with Crippen molar-refractivity contribution < 1.29 is 14.3 Å². The van der Waals surface area contributed by atoms with E-state index in [0.29, 0.717) is 13.1 Å². The van der Waals surface area contributed by atoms with Crippen LogP contribution in [0.2, 0.25) is 0 Å². The first-order chi connectivity index (χ1) is 11.8. The fourth-order valence-electron chi connectivity index (χ4n) is 3.62. The quantitative estimate of drug-likeness (QED) is 0.868. The highest BCUT2D eigenvalue weighted by atomic mass is 16.5. The Hall–Kier alpha value is -2.49. The van der Waals surface area contributed by atoms with Gasteiger partial charge in [0.2, 0.25) is 5.91 Å². The van der Waals surface area contributed by atoms with Crippen LogP contribution in [0, 0.1) is 0 Å². The van der Waals surface area contributed by atoms with Crippen LogP contribution in [0.25, 0.3) is 0 Å². The SMILES string of the molecule is COc1ccccc1OC1CN(C(=O)[C@@H]2CCc3ccccc32)C1. The van der Waals surface area contributed by atoms with Crippen LogP contribution in [0.3, 0.4) is 0 Å². The number of para-hydroxylation sites is 2. The van der Waals surface area contributed by atoms with E-state index in [1.54, 1.807) is 7.11 Å². The van der Waals surface area contributed by atoms with Crippen LogP contribution in [0.1, 0.15) is 23.5 Å². The normalized spacial score (nSPS) is 19.5. The third-order valence-corrected chi connectivity index (χ3v) is 4.95. The predicted octanol–water partition coefficient (Wildman–Crippen LogP) is 3.01. The number of hydrogen-bond acceptors (Lipinski definition) is 3. The van der Waals surface area contributed by atoms with Gasteiger partial charge in [-0.3, -0.25) is 4.79 Å². The van der Waals surface area contributed by atoms with Gasteiger partial charge in [-0.1, -0.05) is 36.4 Å². The zero-order valence-corrected chi connectivity index (χ0v) is 13.8. The van der Waals surface area contributed by atoms with Gasteiger partial charge in [0.05, 0.1) is 26.1 Å². The van der Waals surface area contributed by atoms with E-state index in [2.05, 4.69) is 12.1 Å². The van der Waals surface area contributed by atoms with Gasteiger partial charge < -0.3 is 14.4 Å². The smallest absolute Gasteiger partial charge is 0.230 e. The third-order valence-electron chi connectivity index (χ3n) is 4.95. The molecule has 1 saturated heterocycles. The second kappa shape index (κ2) is 6.19. The summed E-state index contributed by atoms with van der Waals surface area (Å²) in [6.45, 7) is 1.30. The van der Waals surface area contributed by atoms with Gasteiger partial charge in [0, 0.05) is 0 Å². The molecule has 0 unspecified atom stereocenters. The van der Waals surface area contributed by atoms with Crippen molar-refractivity contribution in [2.45, 2.75) is 24.9 Å². The summed E-state index contributed by atoms with van der Waals surface area (Å²) in [5.41, 5.74) is 2.52. The van der Waals surface area contributed by atoms with Crippen LogP contribution in [-0.4, -0.2) is 37.1 Å². The van der Waals surface area contributed by atoms with Gasteiger partial charge in [0.1, 0.15) is 6.10 Å². The Labute approximate surface area is 142 Å². The summed E-state index contributed by atoms with van der Waals surface area (Å²) < 4.78 is 11.3. The van der Waals surface area contributed by atoms with E-state index in [1.165, 1.54) is 11.1 Å². The molecule has 24 heavy (non-hydrogen) atoms. The number of fused-ring (bicyclic) bond motifs is 1. The van der Waals surface area contributed by atoms with Gasteiger partial charge in [0.15, 0.2) is 11.5 Å². The Morgan fingerprint density at radius 3 is 2.54 bits per heavy atom. The number of nitrogens with zero attached hydrogens (tertiary/aromatic N) is 1. The Kier molecular flexibility index (Phi) is 3.89. The lowest BCUT2D eigenvalue weighted by Crippen LogP contribution is -2.57. The Balaban J connectivity index is 1.37. The van der Waals surface area contributed by atoms with E-state index in [-0.39, 0.29) is 17.9 Å². The van der Waals surface area contributed by atoms with Crippen molar-refractivity contribution in [1.29, 1.82) is 0 Å². The summed E-state index contributed by atoms with van der Waals surface area (Å²) >= 11 is 0. The number of likely N-dealkylation sites (tertiary alicyclic amines) is 1. The lowest BCUT2D eigenvalue weighted by molar-refractivity contribution is -0.141. The van der Waals surface area contributed by atoms with Crippen LogP contribution >= 0.6 is 0 Å². The molecule has 0 bridgehead atoms. The largest absolute Gasteiger partial charge is 0.493 e. The molecule has 1 atom stereocenters. The minimum absolute atomic E-state index is 0.0217. The highest BCUT2D eigenvalue weighted by Gasteiger charge is 2.38. The van der Waals surface area contributed by atoms with E-state index < -0.39 is 0 Å². The first kappa shape index (κ1) is 15.1. The van der Waals surface area contributed by atoms with Gasteiger partial charge in [-0.05, 0) is 36.1 Å². The van der Waals surface area contributed by atoms with Crippen LogP contribution < -0.4 is 9.47 Å². The molecule has 1 fully saturated rings. The van der Waals surface area contributed by atoms with Crippen molar-refractivity contribution in [3.63, 3.8) is 0 Å². The van der Waals surface area contributed by atoms with Gasteiger partial charge >= 0.3 is 0 Å². The second-order valence-corrected chi connectivity index (χ2v) is 6.42. The molecule has 1 amide bonds. The number of carbonyl (C=O) groups excluding carboxylic acids is 1. The average molecular weight is 323 g/mol. The summed E-state index contributed by atoms with van der Waals surface area (Å²) in [6.07, 6.45) is 1.97. The highest BCUT2D eigenvalue weighted by molar-refractivity contribution is 5.85. The van der Waals surface area contributed by atoms with Crippen LogP contribution in [0.15, 0.2) is 48.5 Å². The van der Waals surface area contributed by atoms with Crippen molar-refractivity contribution >= 4 is 5.91 Å². The standard InChI is InChI=1S/C20H21NO3/c1-23-18-8-4-5-9-19(18)24-15-12-21(13-15)20(22)17-11-10-14-6-2-3-7-16(14)17/h2-9,15,17H,10-13H2,1H3/t17-/m1/s1. The van der Waals surface area contributed by atoms with Crippen LogP contribution in [-0.2, 0) is 11.2 Å². The van der Waals surface area contributed by atoms with Crippen molar-refractivity contribution in [1.82, 2.24) is 4.90 Å². The number of methoxy groups -OCH3 is 1. The van der Waals surface area contributed by atoms with E-state index in [1.807, 2.05) is 41.3 Å². The molecule has 0 radical (unpaired) electrons. The topological polar surface area (TPSA) is 38.8 Å². The molecule has 0 saturated carbocycles. The highest BCUT2D eigenvalue weighted by Crippen LogP contribution is 2.36. The molecule has 4 rings (SSSR count). The van der Waals surface area contributed by atoms with Crippen molar-refractivity contribution in [2.24, 2.45) is 0 Å². The number of amides is 1. The Morgan fingerprint density at radius 1 is 1.04 bits per heavy atom. The molecule has 0 aromatic heterocycles. The van der Waals surface area contributed by atoms with Gasteiger partial charge in [-0.15, -0.1) is 0 Å². The summed E-state index contributed by atoms with van der Waals surface area (Å²) in [5.74, 6) is 1.73. The fraction of sp³-hybridized carbons (Fsp3) is 0.350. The summed E-state index contributed by atoms with van der Waals surface area (Å²) in [5, 5.41) is 0. The van der Waals surface area contributed by atoms with E-state index in [9.17, 15) is 4.79 Å². The number of aryl methyl sites for hydroxylation is 1. The van der Waals surface area contributed by atoms with Crippen LogP contribution in [0.4, 0.5) is 0 Å². The number of carbonyl (C=O) groups is 1. The molecule has 0 N–H and O–H groups in total. The molecule has 0 spiro atoms. The lowest BCUT2D eigenvalue weighted by Gasteiger charge is -2.40. The molecule has 1 aliphatic heterocycles. The maximum absolute atomic E-state index is 12.8. The molecular weight excluding hydrogens is 302 g/mol. The number of ether oxygens (including phenoxy) is 2. The first-order valence-corrected chi connectivity index (χ1v) is 8.42. The molecule has 124 valence electrons. The molecule has 4 heteroatoms. The van der Waals surface area contributed by atoms with Gasteiger partial charge in [-0.2, -0.15) is 0 Å². The first-order valence-electron chi connectivity index (χ1n) is 8.42. The molecule has 1 heterocycles. The predicted molar refractivity (Wildman–Crippen MR) is 91.5 cm³/mol. The summed E-state index contributed by atoms with van der Waals surface area (Å²) in [7, 11) is 1.64. The zero-order valence-electron chi connectivity index (χ0n) is 13.8. The van der Waals surface area contributed by atoms with E-state index >= 15 is 0 Å². The second-order valence-electron chi connectivity index (χ2n) is 6.42. The molecule has 2 aromatic carbocycles. The zero-order chi connectivity index (χ0) is 16.5. The minimum Gasteiger partial charge on any atom is -0.493 e. The van der Waals surface area contributed by atoms with Gasteiger partial charge in [-0.25, -0.2) is 0 Å². The number of hydrogen-bond donors (Lipinski definition) is 0. The third kappa shape index (κ3) is 2.62. The molecule has 1 aliphatic carbocycles. The van der Waals surface area contributed by atoms with Crippen LogP contribution in [0.5, 0.6) is 11.5 Å². The maximum Gasteiger partial charge on any atom is 0.230 e. The van der Waals surface area contributed by atoms with E-state index in [0.717, 1.165) is 24.3 Å². The lowest BCUT2D eigenvalue weighted by atomic mass is 9.97. The summed E-state index contributed by atoms with van der Waals surface area (Å²) in [6, 6.07) is 15.9. The Bertz CT molecular complexity index is 752.